The van der Waals surface area contributed by atoms with Crippen LogP contribution in [0.4, 0.5) is 0 Å². The van der Waals surface area contributed by atoms with Crippen LogP contribution in [-0.2, 0) is 16.4 Å². The third kappa shape index (κ3) is 2.98. The zero-order valence-electron chi connectivity index (χ0n) is 11.6. The van der Waals surface area contributed by atoms with E-state index < -0.39 is 10.0 Å². The summed E-state index contributed by atoms with van der Waals surface area (Å²) in [6.07, 6.45) is 9.88. The lowest BCUT2D eigenvalue weighted by Crippen LogP contribution is -2.35. The molecule has 112 valence electrons. The number of aromatic amines is 1. The summed E-state index contributed by atoms with van der Waals surface area (Å²) < 4.78 is 26.8. The molecule has 1 fully saturated rings. The Labute approximate surface area is 124 Å². The lowest BCUT2D eigenvalue weighted by atomic mass is 10.1. The molecular formula is C14H18N4O2S. The summed E-state index contributed by atoms with van der Waals surface area (Å²) in [4.78, 5) is 4.24. The quantitative estimate of drug-likeness (QED) is 0.910. The largest absolute Gasteiger partial charge is 0.284 e. The average Bonchev–Trinajstić information content (AvgIpc) is 3.18. The summed E-state index contributed by atoms with van der Waals surface area (Å²) >= 11 is 0. The van der Waals surface area contributed by atoms with E-state index in [1.165, 1.54) is 18.0 Å². The summed E-state index contributed by atoms with van der Waals surface area (Å²) in [6.45, 7) is 0.592. The number of nitrogens with one attached hydrogen (secondary N) is 1. The number of aromatic nitrogens is 3. The van der Waals surface area contributed by atoms with Crippen molar-refractivity contribution in [2.45, 2.75) is 36.6 Å². The van der Waals surface area contributed by atoms with Gasteiger partial charge in [0.2, 0.25) is 10.0 Å². The molecule has 1 atom stereocenters. The van der Waals surface area contributed by atoms with Crippen LogP contribution in [0.3, 0.4) is 0 Å². The number of H-pyrrole nitrogens is 1. The Morgan fingerprint density at radius 2 is 2.14 bits per heavy atom. The molecule has 3 rings (SSSR count). The Morgan fingerprint density at radius 1 is 1.33 bits per heavy atom. The molecule has 1 saturated heterocycles. The van der Waals surface area contributed by atoms with Gasteiger partial charge in [-0.1, -0.05) is 0 Å². The Bertz CT molecular complexity index is 670. The lowest BCUT2D eigenvalue weighted by molar-refractivity contribution is 0.370. The van der Waals surface area contributed by atoms with Crippen LogP contribution in [0, 0.1) is 0 Å². The molecule has 1 aliphatic heterocycles. The van der Waals surface area contributed by atoms with E-state index in [2.05, 4.69) is 15.2 Å². The molecule has 0 saturated carbocycles. The highest BCUT2D eigenvalue weighted by Gasteiger charge is 2.35. The van der Waals surface area contributed by atoms with Crippen LogP contribution >= 0.6 is 0 Å². The van der Waals surface area contributed by atoms with Gasteiger partial charge in [0.25, 0.3) is 0 Å². The number of aryl methyl sites for hydroxylation is 1. The number of nitrogens with zero attached hydrogens (tertiary/aromatic N) is 3. The number of hydrogen-bond donors (Lipinski definition) is 1. The Balaban J connectivity index is 1.71. The van der Waals surface area contributed by atoms with Gasteiger partial charge in [-0.25, -0.2) is 8.42 Å². The molecule has 1 aliphatic rings. The van der Waals surface area contributed by atoms with Gasteiger partial charge in [0.05, 0.1) is 6.20 Å². The summed E-state index contributed by atoms with van der Waals surface area (Å²) in [5.74, 6) is 0. The van der Waals surface area contributed by atoms with Crippen molar-refractivity contribution < 1.29 is 8.42 Å². The molecule has 21 heavy (non-hydrogen) atoms. The van der Waals surface area contributed by atoms with Crippen LogP contribution in [0.1, 0.15) is 24.8 Å². The van der Waals surface area contributed by atoms with Crippen LogP contribution in [-0.4, -0.2) is 40.5 Å². The SMILES string of the molecule is O=S(=O)(c1cn[nH]c1)N1CCCC1CCc1ccncc1. The molecule has 7 heteroatoms. The Morgan fingerprint density at radius 3 is 2.86 bits per heavy atom. The Hall–Kier alpha value is -1.73. The van der Waals surface area contributed by atoms with Gasteiger partial charge < -0.3 is 0 Å². The van der Waals surface area contributed by atoms with Gasteiger partial charge in [-0.05, 0) is 43.4 Å². The van der Waals surface area contributed by atoms with Crippen molar-refractivity contribution in [3.8, 4) is 0 Å². The first-order valence-corrected chi connectivity index (χ1v) is 8.51. The minimum absolute atomic E-state index is 0.0677. The van der Waals surface area contributed by atoms with Crippen LogP contribution in [0.25, 0.3) is 0 Å². The third-order valence-corrected chi connectivity index (χ3v) is 5.84. The first-order valence-electron chi connectivity index (χ1n) is 7.07. The fourth-order valence-electron chi connectivity index (χ4n) is 2.81. The van der Waals surface area contributed by atoms with E-state index in [0.29, 0.717) is 6.54 Å². The molecule has 3 heterocycles. The zero-order chi connectivity index (χ0) is 14.7. The van der Waals surface area contributed by atoms with Crippen LogP contribution in [0.2, 0.25) is 0 Å². The summed E-state index contributed by atoms with van der Waals surface area (Å²) in [5, 5.41) is 6.31. The molecule has 0 aliphatic carbocycles. The lowest BCUT2D eigenvalue weighted by Gasteiger charge is -2.23. The molecule has 1 N–H and O–H groups in total. The summed E-state index contributed by atoms with van der Waals surface area (Å²) in [7, 11) is -3.42. The van der Waals surface area contributed by atoms with Crippen molar-refractivity contribution in [3.05, 3.63) is 42.5 Å². The molecule has 0 aromatic carbocycles. The van der Waals surface area contributed by atoms with Crippen LogP contribution < -0.4 is 0 Å². The van der Waals surface area contributed by atoms with Gasteiger partial charge >= 0.3 is 0 Å². The highest BCUT2D eigenvalue weighted by Crippen LogP contribution is 2.28. The molecule has 1 unspecified atom stereocenters. The number of hydrogen-bond acceptors (Lipinski definition) is 4. The van der Waals surface area contributed by atoms with E-state index in [-0.39, 0.29) is 10.9 Å². The first-order chi connectivity index (χ1) is 10.2. The number of pyridine rings is 1. The van der Waals surface area contributed by atoms with Crippen LogP contribution in [0.15, 0.2) is 41.8 Å². The predicted octanol–water partition coefficient (Wildman–Crippen LogP) is 1.59. The molecule has 0 amide bonds. The van der Waals surface area contributed by atoms with Gasteiger partial charge in [0, 0.05) is 31.2 Å². The summed E-state index contributed by atoms with van der Waals surface area (Å²) in [5.41, 5.74) is 1.19. The van der Waals surface area contributed by atoms with E-state index in [4.69, 9.17) is 0 Å². The van der Waals surface area contributed by atoms with Crippen molar-refractivity contribution in [1.82, 2.24) is 19.5 Å². The maximum atomic E-state index is 12.6. The van der Waals surface area contributed by atoms with E-state index >= 15 is 0 Å². The molecule has 2 aromatic heterocycles. The zero-order valence-corrected chi connectivity index (χ0v) is 12.5. The second-order valence-electron chi connectivity index (χ2n) is 5.24. The third-order valence-electron chi connectivity index (χ3n) is 3.92. The molecule has 0 spiro atoms. The smallest absolute Gasteiger partial charge is 0.246 e. The van der Waals surface area contributed by atoms with Crippen molar-refractivity contribution >= 4 is 10.0 Å². The molecule has 2 aromatic rings. The molecule has 0 radical (unpaired) electrons. The van der Waals surface area contributed by atoms with Gasteiger partial charge in [0.15, 0.2) is 0 Å². The van der Waals surface area contributed by atoms with Gasteiger partial charge in [-0.3, -0.25) is 10.1 Å². The van der Waals surface area contributed by atoms with E-state index in [9.17, 15) is 8.42 Å². The Kier molecular flexibility index (Phi) is 4.03. The topological polar surface area (TPSA) is 79.0 Å². The minimum Gasteiger partial charge on any atom is -0.284 e. The highest BCUT2D eigenvalue weighted by atomic mass is 32.2. The van der Waals surface area contributed by atoms with Crippen molar-refractivity contribution in [3.63, 3.8) is 0 Å². The molecule has 0 bridgehead atoms. The van der Waals surface area contributed by atoms with Crippen LogP contribution in [0.5, 0.6) is 0 Å². The van der Waals surface area contributed by atoms with E-state index in [1.807, 2.05) is 12.1 Å². The second-order valence-corrected chi connectivity index (χ2v) is 7.13. The molecular weight excluding hydrogens is 288 g/mol. The maximum absolute atomic E-state index is 12.6. The van der Waals surface area contributed by atoms with E-state index in [1.54, 1.807) is 16.7 Å². The number of rotatable bonds is 5. The fourth-order valence-corrected chi connectivity index (χ4v) is 4.44. The standard InChI is InChI=1S/C14H18N4O2S/c19-21(20,14-10-16-17-11-14)18-9-1-2-13(18)4-3-12-5-7-15-8-6-12/h5-8,10-11,13H,1-4,9H2,(H,16,17). The average molecular weight is 306 g/mol. The minimum atomic E-state index is -3.42. The fraction of sp³-hybridized carbons (Fsp3) is 0.429. The normalized spacial score (nSPS) is 19.9. The maximum Gasteiger partial charge on any atom is 0.246 e. The van der Waals surface area contributed by atoms with Gasteiger partial charge in [-0.2, -0.15) is 9.40 Å². The van der Waals surface area contributed by atoms with Crippen molar-refractivity contribution in [1.29, 1.82) is 0 Å². The van der Waals surface area contributed by atoms with Gasteiger partial charge in [-0.15, -0.1) is 0 Å². The van der Waals surface area contributed by atoms with Gasteiger partial charge in [0.1, 0.15) is 4.90 Å². The number of sulfonamides is 1. The highest BCUT2D eigenvalue weighted by molar-refractivity contribution is 7.89. The van der Waals surface area contributed by atoms with E-state index in [0.717, 1.165) is 25.7 Å². The second kappa shape index (κ2) is 5.95. The summed E-state index contributed by atoms with van der Waals surface area (Å²) in [6, 6.07) is 4.02. The molecule has 6 nitrogen and oxygen atoms in total. The predicted molar refractivity (Wildman–Crippen MR) is 78.1 cm³/mol. The monoisotopic (exact) mass is 306 g/mol. The first kappa shape index (κ1) is 14.2. The van der Waals surface area contributed by atoms with Crippen molar-refractivity contribution in [2.75, 3.05) is 6.54 Å². The van der Waals surface area contributed by atoms with Crippen molar-refractivity contribution in [2.24, 2.45) is 0 Å².